The van der Waals surface area contributed by atoms with Gasteiger partial charge in [-0.2, -0.15) is 5.10 Å². The van der Waals surface area contributed by atoms with Crippen LogP contribution in [0, 0.1) is 13.8 Å². The van der Waals surface area contributed by atoms with Crippen molar-refractivity contribution in [1.29, 1.82) is 0 Å². The molecule has 0 saturated carbocycles. The third kappa shape index (κ3) is 3.05. The monoisotopic (exact) mass is 295 g/mol. The van der Waals surface area contributed by atoms with Crippen molar-refractivity contribution < 1.29 is 5.11 Å². The molecule has 1 fully saturated rings. The van der Waals surface area contributed by atoms with E-state index >= 15 is 0 Å². The maximum Gasteiger partial charge on any atom is 0.161 e. The highest BCUT2D eigenvalue weighted by Gasteiger charge is 2.23. The van der Waals surface area contributed by atoms with Crippen LogP contribution in [0.15, 0.2) is 0 Å². The quantitative estimate of drug-likeness (QED) is 0.747. The molecule has 0 spiro atoms. The first-order valence-corrected chi connectivity index (χ1v) is 7.17. The molecule has 1 aliphatic heterocycles. The van der Waals surface area contributed by atoms with Gasteiger partial charge >= 0.3 is 0 Å². The zero-order chi connectivity index (χ0) is 14.7. The largest absolute Gasteiger partial charge is 0.395 e. The maximum atomic E-state index is 8.97. The third-order valence-corrected chi connectivity index (χ3v) is 3.97. The lowest BCUT2D eigenvalue weighted by Gasteiger charge is -2.35. The summed E-state index contributed by atoms with van der Waals surface area (Å²) in [4.78, 5) is 4.76. The molecule has 0 aromatic carbocycles. The number of hydrogen-bond acceptors (Lipinski definition) is 6. The summed E-state index contributed by atoms with van der Waals surface area (Å²) < 4.78 is 0. The number of nitrogens with two attached hydrogens (primary N) is 1. The molecule has 0 aliphatic carbocycles. The number of nitrogens with zero attached hydrogens (tertiary/aromatic N) is 4. The van der Waals surface area contributed by atoms with E-state index < -0.39 is 0 Å². The van der Waals surface area contributed by atoms with E-state index in [4.69, 9.17) is 23.1 Å². The van der Waals surface area contributed by atoms with Crippen LogP contribution in [0.25, 0.3) is 0 Å². The molecule has 2 rings (SSSR count). The SMILES string of the molecule is Cc1nnc(N2CCN(CCO)CC2)c(C(N)=S)c1C. The minimum atomic E-state index is 0.196. The fraction of sp³-hybridized carbons (Fsp3) is 0.615. The van der Waals surface area contributed by atoms with Gasteiger partial charge in [0, 0.05) is 32.7 Å². The molecule has 110 valence electrons. The molecule has 20 heavy (non-hydrogen) atoms. The van der Waals surface area contributed by atoms with E-state index in [0.29, 0.717) is 11.5 Å². The Morgan fingerprint density at radius 3 is 2.45 bits per heavy atom. The van der Waals surface area contributed by atoms with Crippen molar-refractivity contribution in [3.05, 3.63) is 16.8 Å². The first kappa shape index (κ1) is 15.1. The second kappa shape index (κ2) is 6.43. The van der Waals surface area contributed by atoms with Crippen LogP contribution >= 0.6 is 12.2 Å². The van der Waals surface area contributed by atoms with Gasteiger partial charge in [-0.3, -0.25) is 4.90 Å². The lowest BCUT2D eigenvalue weighted by Crippen LogP contribution is -2.48. The number of aliphatic hydroxyl groups is 1. The van der Waals surface area contributed by atoms with Crippen LogP contribution in [0.1, 0.15) is 16.8 Å². The second-order valence-electron chi connectivity index (χ2n) is 5.03. The fourth-order valence-electron chi connectivity index (χ4n) is 2.44. The minimum Gasteiger partial charge on any atom is -0.395 e. The molecule has 1 saturated heterocycles. The highest BCUT2D eigenvalue weighted by atomic mass is 32.1. The molecule has 1 aromatic heterocycles. The number of anilines is 1. The summed E-state index contributed by atoms with van der Waals surface area (Å²) in [6.45, 7) is 8.27. The molecule has 3 N–H and O–H groups in total. The van der Waals surface area contributed by atoms with Crippen LogP contribution in [0.3, 0.4) is 0 Å². The van der Waals surface area contributed by atoms with E-state index in [9.17, 15) is 0 Å². The predicted octanol–water partition coefficient (Wildman–Crippen LogP) is -0.158. The molecular formula is C13H21N5OS. The molecule has 6 nitrogen and oxygen atoms in total. The molecule has 1 aromatic rings. The van der Waals surface area contributed by atoms with Crippen molar-refractivity contribution in [2.75, 3.05) is 44.2 Å². The number of β-amino-alcohol motifs (C(OH)–C–C–N with tert-alkyl or cyclic N) is 1. The number of aromatic nitrogens is 2. The van der Waals surface area contributed by atoms with E-state index in [-0.39, 0.29) is 6.61 Å². The Morgan fingerprint density at radius 1 is 1.25 bits per heavy atom. The number of piperazine rings is 1. The van der Waals surface area contributed by atoms with Gasteiger partial charge in [0.05, 0.1) is 17.9 Å². The molecular weight excluding hydrogens is 274 g/mol. The molecule has 7 heteroatoms. The average molecular weight is 295 g/mol. The summed E-state index contributed by atoms with van der Waals surface area (Å²) in [5, 5.41) is 17.5. The van der Waals surface area contributed by atoms with Crippen LogP contribution < -0.4 is 10.6 Å². The van der Waals surface area contributed by atoms with Gasteiger partial charge in [-0.25, -0.2) is 0 Å². The highest BCUT2D eigenvalue weighted by molar-refractivity contribution is 7.80. The summed E-state index contributed by atoms with van der Waals surface area (Å²) >= 11 is 5.17. The Morgan fingerprint density at radius 2 is 1.90 bits per heavy atom. The Labute approximate surface area is 124 Å². The van der Waals surface area contributed by atoms with Gasteiger partial charge in [0.2, 0.25) is 0 Å². The number of aliphatic hydroxyl groups excluding tert-OH is 1. The van der Waals surface area contributed by atoms with E-state index in [2.05, 4.69) is 20.0 Å². The normalized spacial score (nSPS) is 16.4. The van der Waals surface area contributed by atoms with Crippen molar-refractivity contribution in [1.82, 2.24) is 15.1 Å². The van der Waals surface area contributed by atoms with Crippen molar-refractivity contribution in [3.63, 3.8) is 0 Å². The summed E-state index contributed by atoms with van der Waals surface area (Å²) in [6, 6.07) is 0. The van der Waals surface area contributed by atoms with E-state index in [0.717, 1.165) is 48.8 Å². The number of hydrogen-bond donors (Lipinski definition) is 2. The lowest BCUT2D eigenvalue weighted by molar-refractivity contribution is 0.188. The van der Waals surface area contributed by atoms with Gasteiger partial charge in [0.25, 0.3) is 0 Å². The van der Waals surface area contributed by atoms with E-state index in [1.54, 1.807) is 0 Å². The number of rotatable bonds is 4. The summed E-state index contributed by atoms with van der Waals surface area (Å²) in [5.74, 6) is 0.782. The molecule has 0 amide bonds. The molecule has 0 radical (unpaired) electrons. The van der Waals surface area contributed by atoms with Gasteiger partial charge in [0.1, 0.15) is 4.99 Å². The Balaban J connectivity index is 2.22. The summed E-state index contributed by atoms with van der Waals surface area (Å²) in [6.07, 6.45) is 0. The van der Waals surface area contributed by atoms with Crippen molar-refractivity contribution in [2.24, 2.45) is 5.73 Å². The fourth-order valence-corrected chi connectivity index (χ4v) is 2.68. The molecule has 0 atom stereocenters. The Hall–Kier alpha value is -1.31. The molecule has 2 heterocycles. The Kier molecular flexibility index (Phi) is 4.85. The van der Waals surface area contributed by atoms with Gasteiger partial charge in [-0.1, -0.05) is 12.2 Å². The van der Waals surface area contributed by atoms with Gasteiger partial charge in [0.15, 0.2) is 5.82 Å². The van der Waals surface area contributed by atoms with Crippen molar-refractivity contribution in [2.45, 2.75) is 13.8 Å². The summed E-state index contributed by atoms with van der Waals surface area (Å²) in [5.41, 5.74) is 8.55. The molecule has 0 bridgehead atoms. The van der Waals surface area contributed by atoms with Crippen LogP contribution in [0.4, 0.5) is 5.82 Å². The second-order valence-corrected chi connectivity index (χ2v) is 5.47. The van der Waals surface area contributed by atoms with Crippen LogP contribution in [-0.2, 0) is 0 Å². The lowest BCUT2D eigenvalue weighted by atomic mass is 10.1. The first-order chi connectivity index (χ1) is 9.54. The Bertz CT molecular complexity index is 500. The van der Waals surface area contributed by atoms with Gasteiger partial charge in [-0.05, 0) is 19.4 Å². The molecule has 0 unspecified atom stereocenters. The maximum absolute atomic E-state index is 8.97. The van der Waals surface area contributed by atoms with Crippen molar-refractivity contribution >= 4 is 23.0 Å². The van der Waals surface area contributed by atoms with Gasteiger partial charge in [-0.15, -0.1) is 5.10 Å². The zero-order valence-corrected chi connectivity index (χ0v) is 12.8. The highest BCUT2D eigenvalue weighted by Crippen LogP contribution is 2.23. The number of aryl methyl sites for hydroxylation is 1. The number of thiocarbonyl (C=S) groups is 1. The van der Waals surface area contributed by atoms with E-state index in [1.165, 1.54) is 0 Å². The van der Waals surface area contributed by atoms with E-state index in [1.807, 2.05) is 13.8 Å². The standard InChI is InChI=1S/C13H21N5OS/c1-9-10(2)15-16-13(11(9)12(14)20)18-5-3-17(4-6-18)7-8-19/h19H,3-8H2,1-2H3,(H2,14,20). The van der Waals surface area contributed by atoms with Crippen LogP contribution in [0.2, 0.25) is 0 Å². The third-order valence-electron chi connectivity index (χ3n) is 3.77. The zero-order valence-electron chi connectivity index (χ0n) is 12.0. The van der Waals surface area contributed by atoms with Crippen LogP contribution in [-0.4, -0.2) is 64.5 Å². The minimum absolute atomic E-state index is 0.196. The van der Waals surface area contributed by atoms with Gasteiger partial charge < -0.3 is 15.7 Å². The first-order valence-electron chi connectivity index (χ1n) is 6.76. The predicted molar refractivity (Wildman–Crippen MR) is 83.1 cm³/mol. The van der Waals surface area contributed by atoms with Crippen LogP contribution in [0.5, 0.6) is 0 Å². The molecule has 1 aliphatic rings. The average Bonchev–Trinajstić information content (AvgIpc) is 2.42. The van der Waals surface area contributed by atoms with Crippen molar-refractivity contribution in [3.8, 4) is 0 Å². The smallest absolute Gasteiger partial charge is 0.161 e. The summed E-state index contributed by atoms with van der Waals surface area (Å²) in [7, 11) is 0. The topological polar surface area (TPSA) is 78.5 Å².